The van der Waals surface area contributed by atoms with Crippen molar-refractivity contribution >= 4 is 17.5 Å². The summed E-state index contributed by atoms with van der Waals surface area (Å²) in [6.07, 6.45) is -0.617. The maximum absolute atomic E-state index is 12.6. The van der Waals surface area contributed by atoms with Gasteiger partial charge in [-0.15, -0.1) is 0 Å². The summed E-state index contributed by atoms with van der Waals surface area (Å²) in [5, 5.41) is 12.9. The molecule has 1 N–H and O–H groups in total. The van der Waals surface area contributed by atoms with Crippen LogP contribution in [0.5, 0.6) is 5.75 Å². The molecular formula is C18H19N3O5. The number of fused-ring (bicyclic) bond motifs is 1. The maximum Gasteiger partial charge on any atom is 0.268 e. The highest BCUT2D eigenvalue weighted by molar-refractivity contribution is 6.03. The minimum atomic E-state index is -0.617. The van der Waals surface area contributed by atoms with Gasteiger partial charge in [0.25, 0.3) is 5.91 Å². The van der Waals surface area contributed by atoms with Gasteiger partial charge in [-0.2, -0.15) is 0 Å². The lowest BCUT2D eigenvalue weighted by Crippen LogP contribution is -2.54. The molecule has 136 valence electrons. The molecule has 0 spiro atoms. The summed E-state index contributed by atoms with van der Waals surface area (Å²) in [6, 6.07) is 8.91. The molecule has 1 fully saturated rings. The molecule has 0 saturated carbocycles. The highest BCUT2D eigenvalue weighted by Crippen LogP contribution is 2.34. The Bertz CT molecular complexity index is 843. The SMILES string of the molecule is CC1Oc2ccccc2N(CC(=O)N2CC(c3cc(CO)on3)C2)C1=O. The molecule has 1 aromatic heterocycles. The molecule has 2 aliphatic heterocycles. The molecule has 8 nitrogen and oxygen atoms in total. The van der Waals surface area contributed by atoms with Gasteiger partial charge in [0.2, 0.25) is 5.91 Å². The van der Waals surface area contributed by atoms with Crippen molar-refractivity contribution in [2.24, 2.45) is 0 Å². The van der Waals surface area contributed by atoms with E-state index in [1.54, 1.807) is 30.0 Å². The average molecular weight is 357 g/mol. The average Bonchev–Trinajstić information content (AvgIpc) is 3.06. The van der Waals surface area contributed by atoms with E-state index in [4.69, 9.17) is 14.4 Å². The Kier molecular flexibility index (Phi) is 4.12. The van der Waals surface area contributed by atoms with Crippen LogP contribution >= 0.6 is 0 Å². The Morgan fingerprint density at radius 1 is 1.35 bits per heavy atom. The van der Waals surface area contributed by atoms with Gasteiger partial charge in [0.15, 0.2) is 11.9 Å². The third-order valence-corrected chi connectivity index (χ3v) is 4.75. The zero-order valence-electron chi connectivity index (χ0n) is 14.3. The molecule has 1 atom stereocenters. The molecule has 4 rings (SSSR count). The van der Waals surface area contributed by atoms with Gasteiger partial charge >= 0.3 is 0 Å². The first-order valence-electron chi connectivity index (χ1n) is 8.48. The maximum atomic E-state index is 12.6. The van der Waals surface area contributed by atoms with Crippen LogP contribution in [0.2, 0.25) is 0 Å². The van der Waals surface area contributed by atoms with Gasteiger partial charge < -0.3 is 19.3 Å². The van der Waals surface area contributed by atoms with Crippen molar-refractivity contribution in [1.82, 2.24) is 10.1 Å². The van der Waals surface area contributed by atoms with Crippen molar-refractivity contribution < 1.29 is 24.0 Å². The monoisotopic (exact) mass is 357 g/mol. The predicted octanol–water partition coefficient (Wildman–Crippen LogP) is 0.907. The summed E-state index contributed by atoms with van der Waals surface area (Å²) in [6.45, 7) is 2.51. The Labute approximate surface area is 149 Å². The topological polar surface area (TPSA) is 96.1 Å². The number of aliphatic hydroxyl groups excluding tert-OH is 1. The van der Waals surface area contributed by atoms with Gasteiger partial charge in [0.05, 0.1) is 11.4 Å². The first-order chi connectivity index (χ1) is 12.6. The van der Waals surface area contributed by atoms with Crippen LogP contribution in [-0.4, -0.2) is 52.7 Å². The number of hydrogen-bond donors (Lipinski definition) is 1. The third kappa shape index (κ3) is 2.82. The number of aliphatic hydroxyl groups is 1. The van der Waals surface area contributed by atoms with Crippen molar-refractivity contribution in [1.29, 1.82) is 0 Å². The van der Waals surface area contributed by atoms with Crippen LogP contribution in [0.25, 0.3) is 0 Å². The molecule has 26 heavy (non-hydrogen) atoms. The Balaban J connectivity index is 1.42. The number of para-hydroxylation sites is 2. The van der Waals surface area contributed by atoms with Crippen molar-refractivity contribution in [3.05, 3.63) is 41.8 Å². The van der Waals surface area contributed by atoms with Crippen molar-refractivity contribution in [3.63, 3.8) is 0 Å². The second-order valence-corrected chi connectivity index (χ2v) is 6.52. The van der Waals surface area contributed by atoms with E-state index in [0.717, 1.165) is 5.69 Å². The molecule has 1 saturated heterocycles. The van der Waals surface area contributed by atoms with E-state index < -0.39 is 6.10 Å². The summed E-state index contributed by atoms with van der Waals surface area (Å²) in [5.74, 6) is 0.763. The van der Waals surface area contributed by atoms with Crippen molar-refractivity contribution in [2.75, 3.05) is 24.5 Å². The highest BCUT2D eigenvalue weighted by Gasteiger charge is 2.37. The molecule has 0 radical (unpaired) electrons. The van der Waals surface area contributed by atoms with E-state index in [-0.39, 0.29) is 30.9 Å². The fourth-order valence-electron chi connectivity index (χ4n) is 3.22. The Morgan fingerprint density at radius 2 is 2.12 bits per heavy atom. The third-order valence-electron chi connectivity index (χ3n) is 4.75. The van der Waals surface area contributed by atoms with E-state index >= 15 is 0 Å². The van der Waals surface area contributed by atoms with Crippen LogP contribution in [0.3, 0.4) is 0 Å². The lowest BCUT2D eigenvalue weighted by molar-refractivity contribution is -0.136. The zero-order valence-corrected chi connectivity index (χ0v) is 14.3. The van der Waals surface area contributed by atoms with E-state index in [9.17, 15) is 9.59 Å². The number of likely N-dealkylation sites (tertiary alicyclic amines) is 1. The van der Waals surface area contributed by atoms with E-state index in [1.165, 1.54) is 4.90 Å². The zero-order chi connectivity index (χ0) is 18.3. The van der Waals surface area contributed by atoms with Gasteiger partial charge in [-0.3, -0.25) is 14.5 Å². The van der Waals surface area contributed by atoms with Crippen LogP contribution in [0.4, 0.5) is 5.69 Å². The number of rotatable bonds is 4. The minimum Gasteiger partial charge on any atom is -0.479 e. The largest absolute Gasteiger partial charge is 0.479 e. The van der Waals surface area contributed by atoms with Crippen LogP contribution in [-0.2, 0) is 16.2 Å². The summed E-state index contributed by atoms with van der Waals surface area (Å²) in [7, 11) is 0. The number of carbonyl (C=O) groups is 2. The molecule has 2 amide bonds. The molecular weight excluding hydrogens is 338 g/mol. The lowest BCUT2D eigenvalue weighted by atomic mass is 9.96. The van der Waals surface area contributed by atoms with Crippen LogP contribution < -0.4 is 9.64 Å². The van der Waals surface area contributed by atoms with Gasteiger partial charge in [0, 0.05) is 25.1 Å². The van der Waals surface area contributed by atoms with Crippen LogP contribution in [0.1, 0.15) is 24.3 Å². The van der Waals surface area contributed by atoms with Gasteiger partial charge in [-0.1, -0.05) is 17.3 Å². The van der Waals surface area contributed by atoms with Crippen molar-refractivity contribution in [2.45, 2.75) is 25.6 Å². The number of nitrogens with zero attached hydrogens (tertiary/aromatic N) is 3. The summed E-state index contributed by atoms with van der Waals surface area (Å²) in [5.41, 5.74) is 1.35. The minimum absolute atomic E-state index is 0.0169. The smallest absolute Gasteiger partial charge is 0.268 e. The van der Waals surface area contributed by atoms with E-state index in [0.29, 0.717) is 30.3 Å². The van der Waals surface area contributed by atoms with Crippen LogP contribution in [0.15, 0.2) is 34.9 Å². The molecule has 1 aromatic carbocycles. The normalized spacial score (nSPS) is 19.8. The summed E-state index contributed by atoms with van der Waals surface area (Å²) < 4.78 is 10.6. The van der Waals surface area contributed by atoms with Crippen LogP contribution in [0, 0.1) is 0 Å². The number of benzene rings is 1. The highest BCUT2D eigenvalue weighted by atomic mass is 16.5. The summed E-state index contributed by atoms with van der Waals surface area (Å²) in [4.78, 5) is 28.2. The number of aromatic nitrogens is 1. The number of carbonyl (C=O) groups excluding carboxylic acids is 2. The number of ether oxygens (including phenoxy) is 1. The van der Waals surface area contributed by atoms with E-state index in [1.807, 2.05) is 12.1 Å². The Morgan fingerprint density at radius 3 is 2.85 bits per heavy atom. The standard InChI is InChI=1S/C18H19N3O5/c1-11-18(24)21(15-4-2-3-5-16(15)25-11)9-17(23)20-7-12(8-20)14-6-13(10-22)26-19-14/h2-6,11-12,22H,7-10H2,1H3. The summed E-state index contributed by atoms with van der Waals surface area (Å²) >= 11 is 0. The molecule has 3 heterocycles. The number of amides is 2. The second-order valence-electron chi connectivity index (χ2n) is 6.52. The predicted molar refractivity (Wildman–Crippen MR) is 90.6 cm³/mol. The fraction of sp³-hybridized carbons (Fsp3) is 0.389. The van der Waals surface area contributed by atoms with Gasteiger partial charge in [0.1, 0.15) is 18.9 Å². The van der Waals surface area contributed by atoms with Crippen molar-refractivity contribution in [3.8, 4) is 5.75 Å². The second kappa shape index (κ2) is 6.45. The first-order valence-corrected chi connectivity index (χ1v) is 8.48. The molecule has 0 bridgehead atoms. The lowest BCUT2D eigenvalue weighted by Gasteiger charge is -2.40. The molecule has 2 aliphatic rings. The van der Waals surface area contributed by atoms with Gasteiger partial charge in [-0.05, 0) is 19.1 Å². The molecule has 0 aliphatic carbocycles. The van der Waals surface area contributed by atoms with E-state index in [2.05, 4.69) is 5.16 Å². The molecule has 2 aromatic rings. The number of hydrogen-bond acceptors (Lipinski definition) is 6. The number of anilines is 1. The molecule has 8 heteroatoms. The Hall–Kier alpha value is -2.87. The first kappa shape index (κ1) is 16.6. The fourth-order valence-corrected chi connectivity index (χ4v) is 3.22. The van der Waals surface area contributed by atoms with Gasteiger partial charge in [-0.25, -0.2) is 0 Å². The quantitative estimate of drug-likeness (QED) is 0.874. The molecule has 1 unspecified atom stereocenters.